The van der Waals surface area contributed by atoms with Crippen LogP contribution in [0.25, 0.3) is 17.0 Å². The molecule has 1 aromatic carbocycles. The van der Waals surface area contributed by atoms with Gasteiger partial charge in [0.1, 0.15) is 0 Å². The van der Waals surface area contributed by atoms with E-state index >= 15 is 0 Å². The first kappa shape index (κ1) is 12.3. The maximum Gasteiger partial charge on any atom is 0.269 e. The highest BCUT2D eigenvalue weighted by Crippen LogP contribution is 2.14. The number of nitrogens with zero attached hydrogens (tertiary/aromatic N) is 2. The van der Waals surface area contributed by atoms with Crippen molar-refractivity contribution in [2.24, 2.45) is 0 Å². The van der Waals surface area contributed by atoms with Gasteiger partial charge in [0.2, 0.25) is 0 Å². The fraction of sp³-hybridized carbons (Fsp3) is 0.143. The van der Waals surface area contributed by atoms with E-state index in [-0.39, 0.29) is 5.91 Å². The number of carbonyl (C=O) groups is 1. The second-order valence-electron chi connectivity index (χ2n) is 3.81. The number of hydrogen-bond donors (Lipinski definition) is 0. The third-order valence-electron chi connectivity index (χ3n) is 2.63. The smallest absolute Gasteiger partial charge is 0.269 e. The maximum atomic E-state index is 11.5. The van der Waals surface area contributed by atoms with Gasteiger partial charge in [0.25, 0.3) is 5.91 Å². The molecule has 0 aliphatic heterocycles. The Morgan fingerprint density at radius 3 is 3.00 bits per heavy atom. The summed E-state index contributed by atoms with van der Waals surface area (Å²) in [6.45, 7) is 0. The van der Waals surface area contributed by atoms with Gasteiger partial charge in [-0.1, -0.05) is 12.1 Å². The van der Waals surface area contributed by atoms with Gasteiger partial charge in [-0.05, 0) is 29.8 Å². The molecule has 0 saturated carbocycles. The molecule has 0 fully saturated rings. The van der Waals surface area contributed by atoms with Crippen LogP contribution >= 0.6 is 0 Å². The first-order valence-electron chi connectivity index (χ1n) is 5.55. The molecule has 92 valence electrons. The van der Waals surface area contributed by atoms with Crippen LogP contribution in [0, 0.1) is 0 Å². The van der Waals surface area contributed by atoms with Crippen molar-refractivity contribution in [3.63, 3.8) is 0 Å². The number of aromatic nitrogens is 1. The summed E-state index contributed by atoms with van der Waals surface area (Å²) in [5, 5.41) is 2.21. The van der Waals surface area contributed by atoms with E-state index in [0.717, 1.165) is 16.5 Å². The van der Waals surface area contributed by atoms with Crippen molar-refractivity contribution in [1.29, 1.82) is 0 Å². The Labute approximate surface area is 105 Å². The van der Waals surface area contributed by atoms with E-state index in [9.17, 15) is 4.79 Å². The molecule has 1 aromatic heterocycles. The molecule has 0 atom stereocenters. The normalized spacial score (nSPS) is 11.0. The Hall–Kier alpha value is -2.20. The van der Waals surface area contributed by atoms with Crippen LogP contribution in [0.15, 0.2) is 42.6 Å². The third-order valence-corrected chi connectivity index (χ3v) is 2.63. The van der Waals surface area contributed by atoms with Crippen LogP contribution in [0.5, 0.6) is 0 Å². The van der Waals surface area contributed by atoms with E-state index in [1.807, 2.05) is 30.3 Å². The highest BCUT2D eigenvalue weighted by Gasteiger charge is 2.02. The number of hydrogen-bond acceptors (Lipinski definition) is 3. The van der Waals surface area contributed by atoms with Crippen LogP contribution in [0.3, 0.4) is 0 Å². The number of rotatable bonds is 3. The van der Waals surface area contributed by atoms with Crippen molar-refractivity contribution >= 4 is 22.9 Å². The van der Waals surface area contributed by atoms with Gasteiger partial charge in [-0.3, -0.25) is 14.6 Å². The molecule has 0 aliphatic carbocycles. The van der Waals surface area contributed by atoms with Gasteiger partial charge >= 0.3 is 0 Å². The van der Waals surface area contributed by atoms with Gasteiger partial charge in [0.15, 0.2) is 0 Å². The molecule has 0 saturated heterocycles. The van der Waals surface area contributed by atoms with Crippen LogP contribution < -0.4 is 0 Å². The summed E-state index contributed by atoms with van der Waals surface area (Å²) in [5.41, 5.74) is 1.89. The minimum Gasteiger partial charge on any atom is -0.274 e. The van der Waals surface area contributed by atoms with Crippen LogP contribution in [-0.4, -0.2) is 30.1 Å². The quantitative estimate of drug-likeness (QED) is 0.612. The highest BCUT2D eigenvalue weighted by molar-refractivity contribution is 5.91. The monoisotopic (exact) mass is 242 g/mol. The van der Waals surface area contributed by atoms with Crippen molar-refractivity contribution in [1.82, 2.24) is 10.0 Å². The predicted molar refractivity (Wildman–Crippen MR) is 70.6 cm³/mol. The predicted octanol–water partition coefficient (Wildman–Crippen LogP) is 2.27. The Balaban J connectivity index is 2.22. The number of fused-ring (bicyclic) bond motifs is 1. The standard InChI is InChI=1S/C14H14N2O2/c1-16(18-2)14(17)8-6-11-5-7-13-12(10-11)4-3-9-15-13/h3-10H,1-2H3/b8-6+. The Morgan fingerprint density at radius 1 is 1.39 bits per heavy atom. The lowest BCUT2D eigenvalue weighted by molar-refractivity contribution is -0.162. The van der Waals surface area contributed by atoms with E-state index in [4.69, 9.17) is 4.84 Å². The van der Waals surface area contributed by atoms with Crippen molar-refractivity contribution in [2.45, 2.75) is 0 Å². The summed E-state index contributed by atoms with van der Waals surface area (Å²) in [4.78, 5) is 20.5. The van der Waals surface area contributed by atoms with Crippen LogP contribution in [0.2, 0.25) is 0 Å². The van der Waals surface area contributed by atoms with E-state index in [1.165, 1.54) is 18.2 Å². The lowest BCUT2D eigenvalue weighted by atomic mass is 10.1. The minimum absolute atomic E-state index is 0.205. The molecule has 1 heterocycles. The zero-order valence-corrected chi connectivity index (χ0v) is 10.3. The van der Waals surface area contributed by atoms with Gasteiger partial charge in [-0.25, -0.2) is 5.06 Å². The van der Waals surface area contributed by atoms with Gasteiger partial charge in [0.05, 0.1) is 12.6 Å². The summed E-state index contributed by atoms with van der Waals surface area (Å²) in [6, 6.07) is 9.72. The second-order valence-corrected chi connectivity index (χ2v) is 3.81. The molecule has 18 heavy (non-hydrogen) atoms. The largest absolute Gasteiger partial charge is 0.274 e. The molecule has 4 heteroatoms. The van der Waals surface area contributed by atoms with E-state index in [2.05, 4.69) is 4.98 Å². The van der Waals surface area contributed by atoms with Crippen molar-refractivity contribution in [3.05, 3.63) is 48.2 Å². The van der Waals surface area contributed by atoms with Crippen molar-refractivity contribution in [2.75, 3.05) is 14.2 Å². The molecule has 0 unspecified atom stereocenters. The van der Waals surface area contributed by atoms with E-state index < -0.39 is 0 Å². The van der Waals surface area contributed by atoms with Gasteiger partial charge in [-0.15, -0.1) is 0 Å². The van der Waals surface area contributed by atoms with Crippen LogP contribution in [-0.2, 0) is 9.63 Å². The lowest BCUT2D eigenvalue weighted by Crippen LogP contribution is -2.22. The Morgan fingerprint density at radius 2 is 2.22 bits per heavy atom. The second kappa shape index (κ2) is 5.42. The molecule has 2 aromatic rings. The molecule has 1 amide bonds. The fourth-order valence-electron chi connectivity index (χ4n) is 1.56. The minimum atomic E-state index is -0.205. The molecular formula is C14H14N2O2. The number of carbonyl (C=O) groups excluding carboxylic acids is 1. The molecule has 0 radical (unpaired) electrons. The molecule has 0 bridgehead atoms. The molecule has 0 aliphatic rings. The average molecular weight is 242 g/mol. The zero-order valence-electron chi connectivity index (χ0n) is 10.3. The summed E-state index contributed by atoms with van der Waals surface area (Å²) in [7, 11) is 3.02. The topological polar surface area (TPSA) is 42.4 Å². The molecule has 4 nitrogen and oxygen atoms in total. The Bertz CT molecular complexity index is 593. The average Bonchev–Trinajstić information content (AvgIpc) is 2.43. The molecule has 0 N–H and O–H groups in total. The third kappa shape index (κ3) is 2.73. The Kier molecular flexibility index (Phi) is 3.69. The van der Waals surface area contributed by atoms with Crippen LogP contribution in [0.1, 0.15) is 5.56 Å². The lowest BCUT2D eigenvalue weighted by Gasteiger charge is -2.09. The number of hydroxylamine groups is 2. The van der Waals surface area contributed by atoms with Gasteiger partial charge in [-0.2, -0.15) is 0 Å². The van der Waals surface area contributed by atoms with Crippen LogP contribution in [0.4, 0.5) is 0 Å². The number of amides is 1. The maximum absolute atomic E-state index is 11.5. The van der Waals surface area contributed by atoms with E-state index in [0.29, 0.717) is 0 Å². The fourth-order valence-corrected chi connectivity index (χ4v) is 1.56. The molecule has 0 spiro atoms. The first-order valence-corrected chi connectivity index (χ1v) is 5.55. The number of benzene rings is 1. The van der Waals surface area contributed by atoms with E-state index in [1.54, 1.807) is 19.3 Å². The van der Waals surface area contributed by atoms with Crippen molar-refractivity contribution in [3.8, 4) is 0 Å². The zero-order chi connectivity index (χ0) is 13.0. The summed E-state index contributed by atoms with van der Waals surface area (Å²) >= 11 is 0. The number of pyridine rings is 1. The summed E-state index contributed by atoms with van der Waals surface area (Å²) in [5.74, 6) is -0.205. The first-order chi connectivity index (χ1) is 8.70. The van der Waals surface area contributed by atoms with Gasteiger partial charge < -0.3 is 0 Å². The summed E-state index contributed by atoms with van der Waals surface area (Å²) < 4.78 is 0. The summed E-state index contributed by atoms with van der Waals surface area (Å²) in [6.07, 6.45) is 4.99. The van der Waals surface area contributed by atoms with Gasteiger partial charge in [0, 0.05) is 24.7 Å². The van der Waals surface area contributed by atoms with Crippen molar-refractivity contribution < 1.29 is 9.63 Å². The number of likely N-dealkylation sites (N-methyl/N-ethyl adjacent to an activating group) is 1. The molecule has 2 rings (SSSR count). The highest BCUT2D eigenvalue weighted by atomic mass is 16.7. The molecular weight excluding hydrogens is 228 g/mol. The SMILES string of the molecule is CON(C)C(=O)/C=C/c1ccc2ncccc2c1.